The number of carbonyl (C=O) groups excluding carboxylic acids is 1. The van der Waals surface area contributed by atoms with Gasteiger partial charge in [0.05, 0.1) is 18.6 Å². The van der Waals surface area contributed by atoms with Crippen molar-refractivity contribution in [1.29, 1.82) is 0 Å². The smallest absolute Gasteiger partial charge is 0.236 e. The van der Waals surface area contributed by atoms with Crippen LogP contribution in [0.2, 0.25) is 0 Å². The quantitative estimate of drug-likeness (QED) is 0.897. The fourth-order valence-electron chi connectivity index (χ4n) is 2.49. The van der Waals surface area contributed by atoms with Gasteiger partial charge >= 0.3 is 0 Å². The van der Waals surface area contributed by atoms with E-state index in [9.17, 15) is 4.79 Å². The number of nitrogens with two attached hydrogens (primary N) is 1. The highest BCUT2D eigenvalue weighted by molar-refractivity contribution is 5.98. The van der Waals surface area contributed by atoms with Crippen molar-refractivity contribution in [3.05, 3.63) is 30.3 Å². The van der Waals surface area contributed by atoms with Gasteiger partial charge in [-0.25, -0.2) is 0 Å². The summed E-state index contributed by atoms with van der Waals surface area (Å²) in [4.78, 5) is 14.8. The molecule has 0 aliphatic carbocycles. The zero-order valence-electron chi connectivity index (χ0n) is 12.3. The van der Waals surface area contributed by atoms with Crippen molar-refractivity contribution < 1.29 is 9.53 Å². The molecule has 0 saturated carbocycles. The molecule has 1 aromatic carbocycles. The predicted octanol–water partition coefficient (Wildman–Crippen LogP) is 2.18. The van der Waals surface area contributed by atoms with Crippen LogP contribution in [0, 0.1) is 5.41 Å². The zero-order chi connectivity index (χ0) is 14.6. The first kappa shape index (κ1) is 15.0. The van der Waals surface area contributed by atoms with Crippen LogP contribution in [0.5, 0.6) is 0 Å². The minimum Gasteiger partial charge on any atom is -0.379 e. The van der Waals surface area contributed by atoms with Crippen LogP contribution in [0.4, 0.5) is 5.69 Å². The molecule has 1 aliphatic rings. The molecule has 4 nitrogen and oxygen atoms in total. The maximum absolute atomic E-state index is 12.9. The monoisotopic (exact) mass is 276 g/mol. The van der Waals surface area contributed by atoms with Crippen LogP contribution in [0.25, 0.3) is 0 Å². The van der Waals surface area contributed by atoms with Crippen LogP contribution in [0.15, 0.2) is 30.3 Å². The third-order valence-electron chi connectivity index (χ3n) is 4.05. The Labute approximate surface area is 120 Å². The summed E-state index contributed by atoms with van der Waals surface area (Å²) in [6.45, 7) is 5.62. The van der Waals surface area contributed by atoms with Gasteiger partial charge in [0, 0.05) is 18.3 Å². The summed E-state index contributed by atoms with van der Waals surface area (Å²) < 4.78 is 5.41. The van der Waals surface area contributed by atoms with E-state index in [-0.39, 0.29) is 11.9 Å². The van der Waals surface area contributed by atoms with Crippen LogP contribution in [0.1, 0.15) is 26.7 Å². The highest BCUT2D eigenvalue weighted by Gasteiger charge is 2.46. The molecule has 0 bridgehead atoms. The SMILES string of the molecule is CCCCN(C(=O)C1(C)COCC1N)c1ccccc1. The highest BCUT2D eigenvalue weighted by Crippen LogP contribution is 2.31. The van der Waals surface area contributed by atoms with E-state index in [1.165, 1.54) is 0 Å². The van der Waals surface area contributed by atoms with Gasteiger partial charge in [-0.15, -0.1) is 0 Å². The average Bonchev–Trinajstić information content (AvgIpc) is 2.81. The van der Waals surface area contributed by atoms with Crippen molar-refractivity contribution >= 4 is 11.6 Å². The van der Waals surface area contributed by atoms with Gasteiger partial charge in [-0.2, -0.15) is 0 Å². The standard InChI is InChI=1S/C16H24N2O2/c1-3-4-10-18(13-8-6-5-7-9-13)15(19)16(2)12-20-11-14(16)17/h5-9,14H,3-4,10-12,17H2,1-2H3. The molecule has 20 heavy (non-hydrogen) atoms. The van der Waals surface area contributed by atoms with E-state index in [1.54, 1.807) is 0 Å². The summed E-state index contributed by atoms with van der Waals surface area (Å²) in [6.07, 6.45) is 2.03. The first-order valence-electron chi connectivity index (χ1n) is 7.30. The molecule has 1 heterocycles. The highest BCUT2D eigenvalue weighted by atomic mass is 16.5. The molecule has 1 aromatic rings. The fourth-order valence-corrected chi connectivity index (χ4v) is 2.49. The molecule has 1 amide bonds. The topological polar surface area (TPSA) is 55.6 Å². The Morgan fingerprint density at radius 1 is 1.45 bits per heavy atom. The largest absolute Gasteiger partial charge is 0.379 e. The molecular formula is C16H24N2O2. The summed E-state index contributed by atoms with van der Waals surface area (Å²) in [7, 11) is 0. The van der Waals surface area contributed by atoms with Gasteiger partial charge in [-0.05, 0) is 25.5 Å². The predicted molar refractivity (Wildman–Crippen MR) is 80.6 cm³/mol. The molecule has 110 valence electrons. The molecular weight excluding hydrogens is 252 g/mol. The summed E-state index contributed by atoms with van der Waals surface area (Å²) >= 11 is 0. The van der Waals surface area contributed by atoms with E-state index in [0.717, 1.165) is 25.1 Å². The molecule has 1 aliphatic heterocycles. The van der Waals surface area contributed by atoms with Crippen LogP contribution in [-0.4, -0.2) is 31.7 Å². The fraction of sp³-hybridized carbons (Fsp3) is 0.562. The van der Waals surface area contributed by atoms with Crippen LogP contribution in [0.3, 0.4) is 0 Å². The number of unbranched alkanes of at least 4 members (excludes halogenated alkanes) is 1. The Morgan fingerprint density at radius 2 is 2.15 bits per heavy atom. The molecule has 0 aromatic heterocycles. The van der Waals surface area contributed by atoms with Gasteiger partial charge in [0.15, 0.2) is 0 Å². The number of benzene rings is 1. The molecule has 0 radical (unpaired) electrons. The maximum Gasteiger partial charge on any atom is 0.236 e. The van der Waals surface area contributed by atoms with E-state index in [2.05, 4.69) is 6.92 Å². The maximum atomic E-state index is 12.9. The van der Waals surface area contributed by atoms with E-state index in [0.29, 0.717) is 13.2 Å². The van der Waals surface area contributed by atoms with Gasteiger partial charge < -0.3 is 15.4 Å². The summed E-state index contributed by atoms with van der Waals surface area (Å²) in [5, 5.41) is 0. The lowest BCUT2D eigenvalue weighted by molar-refractivity contribution is -0.127. The number of anilines is 1. The lowest BCUT2D eigenvalue weighted by Gasteiger charge is -2.33. The van der Waals surface area contributed by atoms with Gasteiger partial charge in [0.25, 0.3) is 0 Å². The summed E-state index contributed by atoms with van der Waals surface area (Å²) in [5.41, 5.74) is 6.40. The minimum atomic E-state index is -0.621. The normalized spacial score (nSPS) is 25.6. The van der Waals surface area contributed by atoms with Crippen LogP contribution >= 0.6 is 0 Å². The van der Waals surface area contributed by atoms with Gasteiger partial charge in [-0.1, -0.05) is 31.5 Å². The Kier molecular flexibility index (Phi) is 4.78. The molecule has 1 fully saturated rings. The molecule has 2 N–H and O–H groups in total. The molecule has 2 atom stereocenters. The van der Waals surface area contributed by atoms with Crippen molar-refractivity contribution in [3.63, 3.8) is 0 Å². The van der Waals surface area contributed by atoms with Gasteiger partial charge in [0.2, 0.25) is 5.91 Å². The molecule has 2 unspecified atom stereocenters. The zero-order valence-corrected chi connectivity index (χ0v) is 12.3. The Bertz CT molecular complexity index is 449. The van der Waals surface area contributed by atoms with E-state index in [1.807, 2.05) is 42.2 Å². The number of rotatable bonds is 5. The Morgan fingerprint density at radius 3 is 2.70 bits per heavy atom. The Balaban J connectivity index is 2.25. The van der Waals surface area contributed by atoms with Crippen molar-refractivity contribution in [2.24, 2.45) is 11.1 Å². The average molecular weight is 276 g/mol. The molecule has 2 rings (SSSR count). The second-order valence-electron chi connectivity index (χ2n) is 5.68. The molecule has 1 saturated heterocycles. The first-order valence-corrected chi connectivity index (χ1v) is 7.30. The van der Waals surface area contributed by atoms with E-state index < -0.39 is 5.41 Å². The third kappa shape index (κ3) is 2.86. The van der Waals surface area contributed by atoms with Crippen molar-refractivity contribution in [2.45, 2.75) is 32.7 Å². The number of ether oxygens (including phenoxy) is 1. The van der Waals surface area contributed by atoms with Gasteiger partial charge in [-0.3, -0.25) is 4.79 Å². The third-order valence-corrected chi connectivity index (χ3v) is 4.05. The molecule has 4 heteroatoms. The van der Waals surface area contributed by atoms with E-state index >= 15 is 0 Å². The number of para-hydroxylation sites is 1. The van der Waals surface area contributed by atoms with Crippen molar-refractivity contribution in [1.82, 2.24) is 0 Å². The number of hydrogen-bond donors (Lipinski definition) is 1. The van der Waals surface area contributed by atoms with Crippen LogP contribution < -0.4 is 10.6 Å². The minimum absolute atomic E-state index is 0.0714. The number of nitrogens with zero attached hydrogens (tertiary/aromatic N) is 1. The Hall–Kier alpha value is -1.39. The lowest BCUT2D eigenvalue weighted by atomic mass is 9.84. The molecule has 0 spiro atoms. The summed E-state index contributed by atoms with van der Waals surface area (Å²) in [6, 6.07) is 9.57. The lowest BCUT2D eigenvalue weighted by Crippen LogP contribution is -2.52. The van der Waals surface area contributed by atoms with Crippen molar-refractivity contribution in [2.75, 3.05) is 24.7 Å². The first-order chi connectivity index (χ1) is 9.59. The summed E-state index contributed by atoms with van der Waals surface area (Å²) in [5.74, 6) is 0.0714. The van der Waals surface area contributed by atoms with E-state index in [4.69, 9.17) is 10.5 Å². The van der Waals surface area contributed by atoms with Crippen LogP contribution in [-0.2, 0) is 9.53 Å². The number of hydrogen-bond acceptors (Lipinski definition) is 3. The number of amides is 1. The number of carbonyl (C=O) groups is 1. The second kappa shape index (κ2) is 6.37. The second-order valence-corrected chi connectivity index (χ2v) is 5.68. The van der Waals surface area contributed by atoms with Gasteiger partial charge in [0.1, 0.15) is 0 Å². The van der Waals surface area contributed by atoms with Crippen molar-refractivity contribution in [3.8, 4) is 0 Å².